The molecule has 1 aromatic rings. The summed E-state index contributed by atoms with van der Waals surface area (Å²) in [7, 11) is 6.22. The summed E-state index contributed by atoms with van der Waals surface area (Å²) >= 11 is 0. The van der Waals surface area contributed by atoms with Gasteiger partial charge < -0.3 is 18.9 Å². The molecule has 0 aliphatic heterocycles. The number of carbonyl (C=O) groups excluding carboxylic acids is 1. The van der Waals surface area contributed by atoms with Crippen LogP contribution in [-0.4, -0.2) is 40.8 Å². The second kappa shape index (κ2) is 7.75. The van der Waals surface area contributed by atoms with Gasteiger partial charge >= 0.3 is 0 Å². The van der Waals surface area contributed by atoms with E-state index in [1.54, 1.807) is 26.4 Å². The van der Waals surface area contributed by atoms with Crippen LogP contribution in [0.5, 0.6) is 17.2 Å². The van der Waals surface area contributed by atoms with E-state index < -0.39 is 0 Å². The van der Waals surface area contributed by atoms with Crippen molar-refractivity contribution in [2.24, 2.45) is 5.92 Å². The molecule has 5 nitrogen and oxygen atoms in total. The minimum absolute atomic E-state index is 0.000136. The monoisotopic (exact) mass is 282 g/mol. The van der Waals surface area contributed by atoms with E-state index in [2.05, 4.69) is 0 Å². The molecular weight excluding hydrogens is 260 g/mol. The fourth-order valence-corrected chi connectivity index (χ4v) is 1.91. The smallest absolute Gasteiger partial charge is 0.169 e. The summed E-state index contributed by atoms with van der Waals surface area (Å²) < 4.78 is 20.7. The zero-order chi connectivity index (χ0) is 15.1. The van der Waals surface area contributed by atoms with Crippen LogP contribution in [0.1, 0.15) is 23.7 Å². The molecule has 0 amide bonds. The summed E-state index contributed by atoms with van der Waals surface area (Å²) in [4.78, 5) is 12.5. The Kier molecular flexibility index (Phi) is 6.31. The van der Waals surface area contributed by atoms with Crippen LogP contribution in [0.15, 0.2) is 12.1 Å². The molecule has 0 N–H and O–H groups in total. The number of hydrogen-bond acceptors (Lipinski definition) is 5. The van der Waals surface area contributed by atoms with Gasteiger partial charge in [-0.05, 0) is 12.5 Å². The molecule has 20 heavy (non-hydrogen) atoms. The van der Waals surface area contributed by atoms with Crippen LogP contribution in [0.25, 0.3) is 0 Å². The molecule has 0 aliphatic carbocycles. The molecule has 1 rings (SSSR count). The van der Waals surface area contributed by atoms with Crippen LogP contribution in [0.2, 0.25) is 0 Å². The number of benzene rings is 1. The predicted molar refractivity (Wildman–Crippen MR) is 76.1 cm³/mol. The zero-order valence-corrected chi connectivity index (χ0v) is 12.7. The van der Waals surface area contributed by atoms with E-state index in [0.29, 0.717) is 35.8 Å². The van der Waals surface area contributed by atoms with Crippen molar-refractivity contribution in [2.45, 2.75) is 13.3 Å². The molecule has 0 heterocycles. The third-order valence-corrected chi connectivity index (χ3v) is 3.17. The molecule has 0 radical (unpaired) electrons. The zero-order valence-electron chi connectivity index (χ0n) is 12.7. The van der Waals surface area contributed by atoms with E-state index in [4.69, 9.17) is 18.9 Å². The quantitative estimate of drug-likeness (QED) is 0.686. The number of hydrogen-bond donors (Lipinski definition) is 0. The first-order chi connectivity index (χ1) is 9.58. The van der Waals surface area contributed by atoms with Crippen molar-refractivity contribution in [3.8, 4) is 17.2 Å². The molecule has 1 atom stereocenters. The number of methoxy groups -OCH3 is 4. The Hall–Kier alpha value is -1.75. The predicted octanol–water partition coefficient (Wildman–Crippen LogP) is 2.57. The van der Waals surface area contributed by atoms with Crippen molar-refractivity contribution in [3.63, 3.8) is 0 Å². The third kappa shape index (κ3) is 3.63. The lowest BCUT2D eigenvalue weighted by molar-refractivity contribution is 0.0890. The largest absolute Gasteiger partial charge is 0.496 e. The molecule has 5 heteroatoms. The van der Waals surface area contributed by atoms with Gasteiger partial charge in [0.25, 0.3) is 0 Å². The van der Waals surface area contributed by atoms with Crippen LogP contribution in [0.4, 0.5) is 0 Å². The molecule has 0 spiro atoms. The van der Waals surface area contributed by atoms with Crippen LogP contribution < -0.4 is 14.2 Å². The first-order valence-electron chi connectivity index (χ1n) is 6.42. The molecule has 0 fully saturated rings. The second-order valence-electron chi connectivity index (χ2n) is 4.45. The Bertz CT molecular complexity index is 456. The Balaban J connectivity index is 3.12. The molecule has 0 aliphatic rings. The molecular formula is C15H22O5. The van der Waals surface area contributed by atoms with E-state index in [9.17, 15) is 4.79 Å². The number of rotatable bonds is 8. The van der Waals surface area contributed by atoms with Crippen molar-refractivity contribution < 1.29 is 23.7 Å². The minimum atomic E-state index is -0.151. The summed E-state index contributed by atoms with van der Waals surface area (Å²) in [6, 6.07) is 3.32. The van der Waals surface area contributed by atoms with Gasteiger partial charge in [0.1, 0.15) is 5.75 Å². The molecule has 1 unspecified atom stereocenters. The maximum absolute atomic E-state index is 12.5. The van der Waals surface area contributed by atoms with Crippen molar-refractivity contribution in [1.29, 1.82) is 0 Å². The third-order valence-electron chi connectivity index (χ3n) is 3.17. The van der Waals surface area contributed by atoms with Gasteiger partial charge in [-0.2, -0.15) is 0 Å². The summed E-state index contributed by atoms with van der Waals surface area (Å²) in [5.41, 5.74) is 0.494. The lowest BCUT2D eigenvalue weighted by atomic mass is 9.95. The average Bonchev–Trinajstić information content (AvgIpc) is 2.50. The standard InChI is InChI=1S/C15H22O5/c1-10(6-7-17-2)15(16)11-8-13(19-4)14(20-5)9-12(11)18-3/h8-10H,6-7H2,1-5H3. The Labute approximate surface area is 119 Å². The van der Waals surface area contributed by atoms with E-state index in [1.165, 1.54) is 14.2 Å². The maximum Gasteiger partial charge on any atom is 0.169 e. The molecule has 0 saturated heterocycles. The fourth-order valence-electron chi connectivity index (χ4n) is 1.91. The maximum atomic E-state index is 12.5. The van der Waals surface area contributed by atoms with Crippen LogP contribution in [-0.2, 0) is 4.74 Å². The Morgan fingerprint density at radius 2 is 1.55 bits per heavy atom. The highest BCUT2D eigenvalue weighted by molar-refractivity contribution is 6.00. The van der Waals surface area contributed by atoms with Gasteiger partial charge in [-0.1, -0.05) is 6.92 Å². The molecule has 0 saturated carbocycles. The molecule has 1 aromatic carbocycles. The van der Waals surface area contributed by atoms with Gasteiger partial charge in [-0.25, -0.2) is 0 Å². The highest BCUT2D eigenvalue weighted by Gasteiger charge is 2.22. The fraction of sp³-hybridized carbons (Fsp3) is 0.533. The van der Waals surface area contributed by atoms with Crippen molar-refractivity contribution in [2.75, 3.05) is 35.0 Å². The first-order valence-corrected chi connectivity index (χ1v) is 6.42. The Morgan fingerprint density at radius 1 is 1.00 bits per heavy atom. The van der Waals surface area contributed by atoms with Gasteiger partial charge in [0.2, 0.25) is 0 Å². The SMILES string of the molecule is COCCC(C)C(=O)c1cc(OC)c(OC)cc1OC. The molecule has 0 aromatic heterocycles. The van der Waals surface area contributed by atoms with Crippen LogP contribution >= 0.6 is 0 Å². The topological polar surface area (TPSA) is 54.0 Å². The van der Waals surface area contributed by atoms with Crippen molar-refractivity contribution in [1.82, 2.24) is 0 Å². The van der Waals surface area contributed by atoms with E-state index >= 15 is 0 Å². The Morgan fingerprint density at radius 3 is 2.05 bits per heavy atom. The van der Waals surface area contributed by atoms with Crippen molar-refractivity contribution >= 4 is 5.78 Å². The molecule has 112 valence electrons. The van der Waals surface area contributed by atoms with E-state index in [1.807, 2.05) is 6.92 Å². The number of ether oxygens (including phenoxy) is 4. The lowest BCUT2D eigenvalue weighted by Gasteiger charge is -2.16. The number of Topliss-reactive ketones (excluding diaryl/α,β-unsaturated/α-hetero) is 1. The van der Waals surface area contributed by atoms with E-state index in [-0.39, 0.29) is 11.7 Å². The summed E-state index contributed by atoms with van der Waals surface area (Å²) in [6.07, 6.45) is 0.660. The number of ketones is 1. The normalized spacial score (nSPS) is 11.8. The van der Waals surface area contributed by atoms with Gasteiger partial charge in [0.05, 0.1) is 26.9 Å². The van der Waals surface area contributed by atoms with Gasteiger partial charge in [0, 0.05) is 25.7 Å². The summed E-state index contributed by atoms with van der Waals surface area (Å²) in [5.74, 6) is 1.37. The average molecular weight is 282 g/mol. The highest BCUT2D eigenvalue weighted by Crippen LogP contribution is 2.35. The minimum Gasteiger partial charge on any atom is -0.496 e. The summed E-state index contributed by atoms with van der Waals surface area (Å²) in [5, 5.41) is 0. The second-order valence-corrected chi connectivity index (χ2v) is 4.45. The number of carbonyl (C=O) groups is 1. The van der Waals surface area contributed by atoms with Crippen molar-refractivity contribution in [3.05, 3.63) is 17.7 Å². The van der Waals surface area contributed by atoms with Gasteiger partial charge in [-0.15, -0.1) is 0 Å². The highest BCUT2D eigenvalue weighted by atomic mass is 16.5. The summed E-state index contributed by atoms with van der Waals surface area (Å²) in [6.45, 7) is 2.42. The van der Waals surface area contributed by atoms with Gasteiger partial charge in [-0.3, -0.25) is 4.79 Å². The molecule has 0 bridgehead atoms. The van der Waals surface area contributed by atoms with Gasteiger partial charge in [0.15, 0.2) is 17.3 Å². The lowest BCUT2D eigenvalue weighted by Crippen LogP contribution is -2.15. The van der Waals surface area contributed by atoms with Crippen LogP contribution in [0.3, 0.4) is 0 Å². The van der Waals surface area contributed by atoms with Crippen LogP contribution in [0, 0.1) is 5.92 Å². The first kappa shape index (κ1) is 16.3. The van der Waals surface area contributed by atoms with E-state index in [0.717, 1.165) is 0 Å².